The highest BCUT2D eigenvalue weighted by molar-refractivity contribution is 7.89. The number of hydrogen-bond acceptors (Lipinski definition) is 4. The fourth-order valence-corrected chi connectivity index (χ4v) is 3.59. The topological polar surface area (TPSA) is 79.4 Å². The summed E-state index contributed by atoms with van der Waals surface area (Å²) in [5.41, 5.74) is 0.599. The van der Waals surface area contributed by atoms with Crippen LogP contribution in [0.1, 0.15) is 0 Å². The average molecular weight is 312 g/mol. The molecule has 1 aliphatic heterocycles. The van der Waals surface area contributed by atoms with Crippen LogP contribution in [0.25, 0.3) is 10.9 Å². The van der Waals surface area contributed by atoms with Gasteiger partial charge >= 0.3 is 6.03 Å². The van der Waals surface area contributed by atoms with Crippen molar-refractivity contribution in [1.29, 1.82) is 0 Å². The number of pyridine rings is 1. The number of sulfonamides is 1. The summed E-state index contributed by atoms with van der Waals surface area (Å²) < 4.78 is 25.6. The molecule has 0 radical (unpaired) electrons. The number of fused-ring (bicyclic) bond motifs is 1. The lowest BCUT2D eigenvalue weighted by atomic mass is 10.2. The Bertz CT molecular complexity index is 807. The number of carbonyl (C=O) groups excluding carboxylic acids is 1. The summed E-state index contributed by atoms with van der Waals surface area (Å²) in [4.78, 5) is 15.7. The maximum atomic E-state index is 12.4. The third-order valence-corrected chi connectivity index (χ3v) is 5.02. The summed E-state index contributed by atoms with van der Waals surface area (Å²) >= 11 is 5.78. The van der Waals surface area contributed by atoms with Gasteiger partial charge in [-0.25, -0.2) is 22.5 Å². The Hall–Kier alpha value is -1.86. The SMILES string of the molecule is O=C1NCCN1S(=O)(=O)c1ccc2nc(Cl)ccc2c1. The molecule has 2 amide bonds. The Morgan fingerprint density at radius 3 is 2.75 bits per heavy atom. The van der Waals surface area contributed by atoms with Gasteiger partial charge in [-0.1, -0.05) is 11.6 Å². The molecule has 6 nitrogen and oxygen atoms in total. The Labute approximate surface area is 120 Å². The number of hydrogen-bond donors (Lipinski definition) is 1. The van der Waals surface area contributed by atoms with Crippen molar-refractivity contribution in [1.82, 2.24) is 14.6 Å². The van der Waals surface area contributed by atoms with Gasteiger partial charge < -0.3 is 5.32 Å². The minimum Gasteiger partial charge on any atom is -0.335 e. The van der Waals surface area contributed by atoms with Crippen LogP contribution in [0.3, 0.4) is 0 Å². The van der Waals surface area contributed by atoms with Crippen LogP contribution in [0.4, 0.5) is 4.79 Å². The van der Waals surface area contributed by atoms with Crippen LogP contribution in [0.15, 0.2) is 35.2 Å². The Kier molecular flexibility index (Phi) is 3.02. The number of aromatic nitrogens is 1. The molecular formula is C12H10ClN3O3S. The van der Waals surface area contributed by atoms with Gasteiger partial charge in [-0.05, 0) is 30.3 Å². The zero-order valence-corrected chi connectivity index (χ0v) is 11.8. The molecule has 0 spiro atoms. The maximum absolute atomic E-state index is 12.4. The third kappa shape index (κ3) is 2.08. The lowest BCUT2D eigenvalue weighted by molar-refractivity contribution is 0.236. The molecule has 0 unspecified atom stereocenters. The second-order valence-electron chi connectivity index (χ2n) is 4.30. The number of benzene rings is 1. The van der Waals surface area contributed by atoms with Crippen LogP contribution >= 0.6 is 11.6 Å². The van der Waals surface area contributed by atoms with Gasteiger partial charge in [0.15, 0.2) is 0 Å². The number of halogens is 1. The molecule has 1 fully saturated rings. The van der Waals surface area contributed by atoms with Crippen molar-refractivity contribution in [3.63, 3.8) is 0 Å². The summed E-state index contributed by atoms with van der Waals surface area (Å²) in [6, 6.07) is 7.16. The van der Waals surface area contributed by atoms with E-state index in [1.165, 1.54) is 12.1 Å². The van der Waals surface area contributed by atoms with Crippen molar-refractivity contribution < 1.29 is 13.2 Å². The molecule has 1 saturated heterocycles. The molecular weight excluding hydrogens is 302 g/mol. The first-order chi connectivity index (χ1) is 9.48. The van der Waals surface area contributed by atoms with Gasteiger partial charge in [-0.2, -0.15) is 0 Å². The predicted octanol–water partition coefficient (Wildman–Crippen LogP) is 1.60. The molecule has 2 aromatic rings. The monoisotopic (exact) mass is 311 g/mol. The van der Waals surface area contributed by atoms with E-state index in [9.17, 15) is 13.2 Å². The van der Waals surface area contributed by atoms with Crippen molar-refractivity contribution in [2.45, 2.75) is 4.90 Å². The Balaban J connectivity index is 2.10. The first-order valence-electron chi connectivity index (χ1n) is 5.85. The van der Waals surface area contributed by atoms with Crippen molar-refractivity contribution in [3.05, 3.63) is 35.5 Å². The minimum absolute atomic E-state index is 0.0613. The van der Waals surface area contributed by atoms with Crippen molar-refractivity contribution in [2.24, 2.45) is 0 Å². The number of carbonyl (C=O) groups is 1. The van der Waals surface area contributed by atoms with Crippen LogP contribution < -0.4 is 5.32 Å². The molecule has 1 aliphatic rings. The van der Waals surface area contributed by atoms with Crippen molar-refractivity contribution in [3.8, 4) is 0 Å². The maximum Gasteiger partial charge on any atom is 0.331 e. The fraction of sp³-hybridized carbons (Fsp3) is 0.167. The fourth-order valence-electron chi connectivity index (χ4n) is 2.05. The van der Waals surface area contributed by atoms with E-state index in [4.69, 9.17) is 11.6 Å². The summed E-state index contributed by atoms with van der Waals surface area (Å²) in [6.07, 6.45) is 0. The zero-order chi connectivity index (χ0) is 14.3. The molecule has 3 rings (SSSR count). The van der Waals surface area contributed by atoms with Gasteiger partial charge in [0, 0.05) is 11.9 Å². The summed E-state index contributed by atoms with van der Waals surface area (Å²) in [7, 11) is -3.83. The average Bonchev–Trinajstić information content (AvgIpc) is 2.85. The third-order valence-electron chi connectivity index (χ3n) is 3.03. The lowest BCUT2D eigenvalue weighted by Crippen LogP contribution is -2.34. The van der Waals surface area contributed by atoms with Crippen LogP contribution in [-0.4, -0.2) is 36.8 Å². The summed E-state index contributed by atoms with van der Waals surface area (Å²) in [6.45, 7) is 0.459. The molecule has 2 heterocycles. The highest BCUT2D eigenvalue weighted by Crippen LogP contribution is 2.23. The van der Waals surface area contributed by atoms with E-state index in [2.05, 4.69) is 10.3 Å². The van der Waals surface area contributed by atoms with Crippen molar-refractivity contribution in [2.75, 3.05) is 13.1 Å². The van der Waals surface area contributed by atoms with Crippen LogP contribution in [0.2, 0.25) is 5.15 Å². The summed E-state index contributed by atoms with van der Waals surface area (Å²) in [5, 5.41) is 3.46. The molecule has 8 heteroatoms. The van der Waals surface area contributed by atoms with E-state index in [0.29, 0.717) is 22.6 Å². The quantitative estimate of drug-likeness (QED) is 0.854. The molecule has 20 heavy (non-hydrogen) atoms. The van der Waals surface area contributed by atoms with Crippen LogP contribution in [-0.2, 0) is 10.0 Å². The number of urea groups is 1. The van der Waals surface area contributed by atoms with Gasteiger partial charge in [0.1, 0.15) is 5.15 Å². The second kappa shape index (κ2) is 4.60. The smallest absolute Gasteiger partial charge is 0.331 e. The summed E-state index contributed by atoms with van der Waals surface area (Å²) in [5.74, 6) is 0. The number of rotatable bonds is 2. The van der Waals surface area contributed by atoms with Gasteiger partial charge in [0.05, 0.1) is 17.0 Å². The normalized spacial score (nSPS) is 15.7. The van der Waals surface area contributed by atoms with E-state index in [1.54, 1.807) is 18.2 Å². The Morgan fingerprint density at radius 1 is 1.25 bits per heavy atom. The molecule has 104 valence electrons. The van der Waals surface area contributed by atoms with Gasteiger partial charge in [-0.3, -0.25) is 0 Å². The molecule has 0 saturated carbocycles. The number of amides is 2. The highest BCUT2D eigenvalue weighted by atomic mass is 35.5. The zero-order valence-electron chi connectivity index (χ0n) is 10.2. The van der Waals surface area contributed by atoms with E-state index in [0.717, 1.165) is 4.31 Å². The Morgan fingerprint density at radius 2 is 2.05 bits per heavy atom. The molecule has 1 aromatic heterocycles. The number of nitrogens with zero attached hydrogens (tertiary/aromatic N) is 2. The highest BCUT2D eigenvalue weighted by Gasteiger charge is 2.32. The lowest BCUT2D eigenvalue weighted by Gasteiger charge is -2.15. The first kappa shape index (κ1) is 13.1. The van der Waals surface area contributed by atoms with Gasteiger partial charge in [-0.15, -0.1) is 0 Å². The predicted molar refractivity (Wildman–Crippen MR) is 74.0 cm³/mol. The van der Waals surface area contributed by atoms with Gasteiger partial charge in [0.2, 0.25) is 0 Å². The molecule has 0 bridgehead atoms. The second-order valence-corrected chi connectivity index (χ2v) is 6.55. The van der Waals surface area contributed by atoms with Gasteiger partial charge in [0.25, 0.3) is 10.0 Å². The minimum atomic E-state index is -3.83. The van der Waals surface area contributed by atoms with Crippen LogP contribution in [0, 0.1) is 0 Å². The standard InChI is InChI=1S/C12H10ClN3O3S/c13-11-4-1-8-7-9(2-3-10(8)15-11)20(18,19)16-6-5-14-12(16)17/h1-4,7H,5-6H2,(H,14,17). The molecule has 0 aliphatic carbocycles. The van der Waals surface area contributed by atoms with E-state index in [1.807, 2.05) is 0 Å². The van der Waals surface area contributed by atoms with E-state index >= 15 is 0 Å². The molecule has 1 aromatic carbocycles. The van der Waals surface area contributed by atoms with E-state index in [-0.39, 0.29) is 11.4 Å². The largest absolute Gasteiger partial charge is 0.335 e. The van der Waals surface area contributed by atoms with Crippen molar-refractivity contribution >= 4 is 38.6 Å². The van der Waals surface area contributed by atoms with Crippen LogP contribution in [0.5, 0.6) is 0 Å². The number of nitrogens with one attached hydrogen (secondary N) is 1. The molecule has 1 N–H and O–H groups in total. The molecule has 0 atom stereocenters. The van der Waals surface area contributed by atoms with E-state index < -0.39 is 16.1 Å². The first-order valence-corrected chi connectivity index (χ1v) is 7.67.